The van der Waals surface area contributed by atoms with Gasteiger partial charge < -0.3 is 10.1 Å². The second kappa shape index (κ2) is 4.86. The number of rotatable bonds is 4. The fourth-order valence-corrected chi connectivity index (χ4v) is 4.25. The summed E-state index contributed by atoms with van der Waals surface area (Å²) in [6, 6.07) is 6.74. The molecule has 0 saturated heterocycles. The fourth-order valence-electron chi connectivity index (χ4n) is 3.87. The van der Waals surface area contributed by atoms with E-state index in [4.69, 9.17) is 4.74 Å². The summed E-state index contributed by atoms with van der Waals surface area (Å²) in [7, 11) is 3.83. The number of benzene rings is 1. The summed E-state index contributed by atoms with van der Waals surface area (Å²) in [6.07, 6.45) is 4.27. The normalized spacial score (nSPS) is 30.9. The molecule has 0 aliphatic heterocycles. The van der Waals surface area contributed by atoms with Crippen LogP contribution in [0.25, 0.3) is 0 Å². The third-order valence-electron chi connectivity index (χ3n) is 4.70. The Morgan fingerprint density at radius 3 is 2.67 bits per heavy atom. The number of hydrogen-bond acceptors (Lipinski definition) is 2. The van der Waals surface area contributed by atoms with Gasteiger partial charge in [0.25, 0.3) is 0 Å². The molecule has 3 unspecified atom stereocenters. The highest BCUT2D eigenvalue weighted by molar-refractivity contribution is 9.10. The second-order valence-corrected chi connectivity index (χ2v) is 6.40. The van der Waals surface area contributed by atoms with E-state index in [1.54, 1.807) is 7.11 Å². The van der Waals surface area contributed by atoms with Crippen molar-refractivity contribution in [3.63, 3.8) is 0 Å². The first-order chi connectivity index (χ1) is 8.76. The monoisotopic (exact) mass is 309 g/mol. The molecule has 2 aliphatic rings. The molecule has 3 rings (SSSR count). The number of ether oxygens (including phenoxy) is 1. The lowest BCUT2D eigenvalue weighted by Gasteiger charge is -2.21. The number of hydrogen-bond donors (Lipinski definition) is 1. The first-order valence-corrected chi connectivity index (χ1v) is 7.56. The van der Waals surface area contributed by atoms with E-state index in [1.165, 1.54) is 24.8 Å². The third kappa shape index (κ3) is 1.97. The SMILES string of the molecule is CNC(c1cc(Br)ccc1OC)C1C2CCCC21. The zero-order valence-corrected chi connectivity index (χ0v) is 12.5. The summed E-state index contributed by atoms with van der Waals surface area (Å²) < 4.78 is 6.65. The van der Waals surface area contributed by atoms with E-state index < -0.39 is 0 Å². The summed E-state index contributed by atoms with van der Waals surface area (Å²) in [5, 5.41) is 3.51. The molecule has 2 nitrogen and oxygen atoms in total. The smallest absolute Gasteiger partial charge is 0.123 e. The van der Waals surface area contributed by atoms with Crippen molar-refractivity contribution in [2.45, 2.75) is 25.3 Å². The molecule has 0 bridgehead atoms. The summed E-state index contributed by atoms with van der Waals surface area (Å²) in [6.45, 7) is 0. The predicted octanol–water partition coefficient (Wildman–Crippen LogP) is 3.76. The van der Waals surface area contributed by atoms with Crippen LogP contribution in [-0.2, 0) is 0 Å². The number of halogens is 1. The number of nitrogens with one attached hydrogen (secondary N) is 1. The minimum atomic E-state index is 0.438. The predicted molar refractivity (Wildman–Crippen MR) is 76.8 cm³/mol. The molecule has 0 radical (unpaired) electrons. The molecule has 3 atom stereocenters. The van der Waals surface area contributed by atoms with E-state index in [0.29, 0.717) is 6.04 Å². The summed E-state index contributed by atoms with van der Waals surface area (Å²) in [5.41, 5.74) is 1.30. The summed E-state index contributed by atoms with van der Waals surface area (Å²) in [4.78, 5) is 0. The van der Waals surface area contributed by atoms with Gasteiger partial charge in [-0.05, 0) is 55.8 Å². The Morgan fingerprint density at radius 2 is 2.06 bits per heavy atom. The van der Waals surface area contributed by atoms with Crippen molar-refractivity contribution in [1.29, 1.82) is 0 Å². The van der Waals surface area contributed by atoms with Crippen LogP contribution in [0.5, 0.6) is 5.75 Å². The Hall–Kier alpha value is -0.540. The number of fused-ring (bicyclic) bond motifs is 1. The van der Waals surface area contributed by atoms with E-state index in [2.05, 4.69) is 40.4 Å². The molecule has 2 aliphatic carbocycles. The Morgan fingerprint density at radius 1 is 1.33 bits per heavy atom. The van der Waals surface area contributed by atoms with Gasteiger partial charge in [0, 0.05) is 16.1 Å². The zero-order chi connectivity index (χ0) is 12.7. The lowest BCUT2D eigenvalue weighted by molar-refractivity contribution is 0.384. The van der Waals surface area contributed by atoms with Gasteiger partial charge >= 0.3 is 0 Å². The minimum Gasteiger partial charge on any atom is -0.496 e. The lowest BCUT2D eigenvalue weighted by atomic mass is 9.96. The molecule has 0 amide bonds. The highest BCUT2D eigenvalue weighted by Crippen LogP contribution is 2.62. The van der Waals surface area contributed by atoms with Crippen molar-refractivity contribution in [2.24, 2.45) is 17.8 Å². The van der Waals surface area contributed by atoms with E-state index in [9.17, 15) is 0 Å². The Labute approximate surface area is 117 Å². The van der Waals surface area contributed by atoms with Crippen molar-refractivity contribution < 1.29 is 4.74 Å². The zero-order valence-electron chi connectivity index (χ0n) is 10.9. The van der Waals surface area contributed by atoms with E-state index in [1.807, 2.05) is 6.07 Å². The summed E-state index contributed by atoms with van der Waals surface area (Å²) >= 11 is 3.57. The highest BCUT2D eigenvalue weighted by atomic mass is 79.9. The average molecular weight is 310 g/mol. The van der Waals surface area contributed by atoms with Gasteiger partial charge in [0.15, 0.2) is 0 Å². The van der Waals surface area contributed by atoms with Gasteiger partial charge in [-0.2, -0.15) is 0 Å². The van der Waals surface area contributed by atoms with Crippen LogP contribution in [0.1, 0.15) is 30.9 Å². The standard InChI is InChI=1S/C15H20BrNO/c1-17-15(14-10-4-3-5-11(10)14)12-8-9(16)6-7-13(12)18-2/h6-8,10-11,14-15,17H,3-5H2,1-2H3. The van der Waals surface area contributed by atoms with Gasteiger partial charge in [0.1, 0.15) is 5.75 Å². The molecule has 3 heteroatoms. The number of methoxy groups -OCH3 is 1. The van der Waals surface area contributed by atoms with E-state index in [0.717, 1.165) is 28.0 Å². The van der Waals surface area contributed by atoms with Gasteiger partial charge in [-0.15, -0.1) is 0 Å². The molecule has 0 aromatic heterocycles. The van der Waals surface area contributed by atoms with Crippen molar-refractivity contribution in [1.82, 2.24) is 5.32 Å². The quantitative estimate of drug-likeness (QED) is 0.914. The Balaban J connectivity index is 1.89. The molecule has 1 aromatic carbocycles. The largest absolute Gasteiger partial charge is 0.496 e. The fraction of sp³-hybridized carbons (Fsp3) is 0.600. The lowest BCUT2D eigenvalue weighted by Crippen LogP contribution is -2.21. The molecule has 1 aromatic rings. The minimum absolute atomic E-state index is 0.438. The molecule has 2 saturated carbocycles. The molecule has 98 valence electrons. The second-order valence-electron chi connectivity index (χ2n) is 5.49. The Kier molecular flexibility index (Phi) is 3.37. The molecule has 0 heterocycles. The van der Waals surface area contributed by atoms with Crippen molar-refractivity contribution in [3.05, 3.63) is 28.2 Å². The Bertz CT molecular complexity index is 438. The van der Waals surface area contributed by atoms with Crippen LogP contribution in [0.3, 0.4) is 0 Å². The van der Waals surface area contributed by atoms with E-state index >= 15 is 0 Å². The van der Waals surface area contributed by atoms with Gasteiger partial charge in [-0.3, -0.25) is 0 Å². The van der Waals surface area contributed by atoms with Crippen molar-refractivity contribution in [3.8, 4) is 5.75 Å². The van der Waals surface area contributed by atoms with Gasteiger partial charge in [0.05, 0.1) is 7.11 Å². The van der Waals surface area contributed by atoms with Crippen LogP contribution in [-0.4, -0.2) is 14.2 Å². The maximum absolute atomic E-state index is 5.52. The summed E-state index contributed by atoms with van der Waals surface area (Å²) in [5.74, 6) is 3.71. The maximum Gasteiger partial charge on any atom is 0.123 e. The molecule has 2 fully saturated rings. The van der Waals surface area contributed by atoms with Gasteiger partial charge in [-0.25, -0.2) is 0 Å². The maximum atomic E-state index is 5.52. The van der Waals surface area contributed by atoms with Gasteiger partial charge in [0.2, 0.25) is 0 Å². The third-order valence-corrected chi connectivity index (χ3v) is 5.19. The van der Waals surface area contributed by atoms with Crippen molar-refractivity contribution in [2.75, 3.05) is 14.2 Å². The van der Waals surface area contributed by atoms with Crippen LogP contribution in [0.15, 0.2) is 22.7 Å². The molecule has 0 spiro atoms. The molecular formula is C15H20BrNO. The average Bonchev–Trinajstić information content (AvgIpc) is 2.85. The van der Waals surface area contributed by atoms with Crippen LogP contribution in [0.4, 0.5) is 0 Å². The van der Waals surface area contributed by atoms with Crippen LogP contribution < -0.4 is 10.1 Å². The van der Waals surface area contributed by atoms with Crippen LogP contribution >= 0.6 is 15.9 Å². The van der Waals surface area contributed by atoms with E-state index in [-0.39, 0.29) is 0 Å². The molecule has 18 heavy (non-hydrogen) atoms. The molecule has 1 N–H and O–H groups in total. The first-order valence-electron chi connectivity index (χ1n) is 6.77. The topological polar surface area (TPSA) is 21.3 Å². The first kappa shape index (κ1) is 12.5. The van der Waals surface area contributed by atoms with Gasteiger partial charge in [-0.1, -0.05) is 22.4 Å². The van der Waals surface area contributed by atoms with Crippen molar-refractivity contribution >= 4 is 15.9 Å². The van der Waals surface area contributed by atoms with Crippen LogP contribution in [0.2, 0.25) is 0 Å². The molecular weight excluding hydrogens is 290 g/mol. The van der Waals surface area contributed by atoms with Crippen LogP contribution in [0, 0.1) is 17.8 Å². The highest BCUT2D eigenvalue weighted by Gasteiger charge is 2.56.